The van der Waals surface area contributed by atoms with Crippen molar-refractivity contribution in [2.24, 2.45) is 0 Å². The van der Waals surface area contributed by atoms with E-state index in [4.69, 9.17) is 9.47 Å². The van der Waals surface area contributed by atoms with Crippen molar-refractivity contribution in [2.45, 2.75) is 40.3 Å². The van der Waals surface area contributed by atoms with Crippen LogP contribution in [0.3, 0.4) is 0 Å². The van der Waals surface area contributed by atoms with Crippen molar-refractivity contribution in [1.82, 2.24) is 20.2 Å². The third-order valence-electron chi connectivity index (χ3n) is 7.01. The monoisotopic (exact) mass is 588 g/mol. The zero-order valence-electron chi connectivity index (χ0n) is 22.4. The molecule has 0 aliphatic carbocycles. The molecule has 0 spiro atoms. The maximum absolute atomic E-state index is 13.8. The number of fused-ring (bicyclic) bond motifs is 1. The third kappa shape index (κ3) is 5.12. The first-order valence-corrected chi connectivity index (χ1v) is 13.3. The molecule has 1 unspecified atom stereocenters. The summed E-state index contributed by atoms with van der Waals surface area (Å²) in [5.74, 6) is 1.27. The number of anilines is 2. The number of tetrazole rings is 1. The van der Waals surface area contributed by atoms with Gasteiger partial charge in [-0.1, -0.05) is 41.5 Å². The van der Waals surface area contributed by atoms with E-state index in [9.17, 15) is 4.79 Å². The van der Waals surface area contributed by atoms with Crippen LogP contribution in [-0.2, 0) is 11.4 Å². The maximum Gasteiger partial charge on any atom is 0.255 e. The Labute approximate surface area is 235 Å². The minimum Gasteiger partial charge on any atom is -0.493 e. The van der Waals surface area contributed by atoms with Gasteiger partial charge in [-0.15, -0.1) is 0 Å². The van der Waals surface area contributed by atoms with Gasteiger partial charge in [-0.2, -0.15) is 4.68 Å². The Kier molecular flexibility index (Phi) is 7.38. The molecule has 0 radical (unpaired) electrons. The molecular formula is C29H29BrN6O3. The zero-order chi connectivity index (χ0) is 27.7. The highest BCUT2D eigenvalue weighted by molar-refractivity contribution is 9.10. The molecule has 3 aromatic carbocycles. The van der Waals surface area contributed by atoms with Crippen LogP contribution in [0.4, 0.5) is 11.6 Å². The van der Waals surface area contributed by atoms with Gasteiger partial charge >= 0.3 is 0 Å². The number of benzene rings is 3. The van der Waals surface area contributed by atoms with Crippen molar-refractivity contribution < 1.29 is 14.3 Å². The fourth-order valence-corrected chi connectivity index (χ4v) is 5.22. The number of amides is 1. The van der Waals surface area contributed by atoms with Crippen LogP contribution < -0.4 is 20.1 Å². The number of ether oxygens (including phenoxy) is 2. The van der Waals surface area contributed by atoms with Gasteiger partial charge in [0.1, 0.15) is 12.6 Å². The average Bonchev–Trinajstić information content (AvgIpc) is 3.38. The topological polar surface area (TPSA) is 103 Å². The van der Waals surface area contributed by atoms with Gasteiger partial charge in [0.2, 0.25) is 5.95 Å². The minimum absolute atomic E-state index is 0.255. The number of hydrogen-bond donors (Lipinski definition) is 2. The van der Waals surface area contributed by atoms with E-state index in [1.807, 2.05) is 69.3 Å². The molecule has 0 fully saturated rings. The number of carbonyl (C=O) groups is 1. The molecule has 0 saturated carbocycles. The lowest BCUT2D eigenvalue weighted by Crippen LogP contribution is -2.31. The second-order valence-corrected chi connectivity index (χ2v) is 10.3. The molecule has 1 amide bonds. The number of aryl methyl sites for hydroxylation is 2. The van der Waals surface area contributed by atoms with Gasteiger partial charge in [0, 0.05) is 11.4 Å². The van der Waals surface area contributed by atoms with E-state index < -0.39 is 6.04 Å². The molecular weight excluding hydrogens is 560 g/mol. The van der Waals surface area contributed by atoms with Crippen molar-refractivity contribution in [3.05, 3.63) is 98.2 Å². The normalized spacial score (nSPS) is 14.5. The van der Waals surface area contributed by atoms with E-state index in [0.29, 0.717) is 39.8 Å². The standard InChI is InChI=1S/C29H29BrN6O3/c1-16-10-8-12-23(18(16)3)32-28(37)25-19(4)31-29-33-34-35-36(29)26(25)21-13-22(30)27(24(14-21)38-5)39-15-20-11-7-6-9-17(20)2/h6-14,26H,15H2,1-5H3,(H,32,37)(H,31,33,35). The Morgan fingerprint density at radius 2 is 1.85 bits per heavy atom. The van der Waals surface area contributed by atoms with Crippen LogP contribution in [-0.4, -0.2) is 33.2 Å². The first kappa shape index (κ1) is 26.4. The van der Waals surface area contributed by atoms with Crippen molar-refractivity contribution in [3.63, 3.8) is 0 Å². The lowest BCUT2D eigenvalue weighted by molar-refractivity contribution is -0.113. The van der Waals surface area contributed by atoms with Gasteiger partial charge in [-0.3, -0.25) is 4.79 Å². The van der Waals surface area contributed by atoms with Crippen LogP contribution in [0, 0.1) is 20.8 Å². The van der Waals surface area contributed by atoms with E-state index in [2.05, 4.69) is 55.1 Å². The number of nitrogens with zero attached hydrogens (tertiary/aromatic N) is 4. The third-order valence-corrected chi connectivity index (χ3v) is 7.60. The predicted molar refractivity (Wildman–Crippen MR) is 153 cm³/mol. The number of hydrogen-bond acceptors (Lipinski definition) is 7. The molecule has 0 saturated heterocycles. The molecule has 1 aliphatic rings. The van der Waals surface area contributed by atoms with E-state index >= 15 is 0 Å². The Morgan fingerprint density at radius 3 is 2.62 bits per heavy atom. The number of halogens is 1. The van der Waals surface area contributed by atoms with Crippen molar-refractivity contribution in [1.29, 1.82) is 0 Å². The van der Waals surface area contributed by atoms with Gasteiger partial charge in [0.05, 0.1) is 17.2 Å². The summed E-state index contributed by atoms with van der Waals surface area (Å²) >= 11 is 3.67. The quantitative estimate of drug-likeness (QED) is 0.278. The zero-order valence-corrected chi connectivity index (χ0v) is 24.0. The summed E-state index contributed by atoms with van der Waals surface area (Å²) in [6.07, 6.45) is 0. The van der Waals surface area contributed by atoms with Gasteiger partial charge in [-0.05, 0) is 100 Å². The fraction of sp³-hybridized carbons (Fsp3) is 0.241. The molecule has 1 aliphatic heterocycles. The maximum atomic E-state index is 13.8. The summed E-state index contributed by atoms with van der Waals surface area (Å²) in [6, 6.07) is 17.1. The Morgan fingerprint density at radius 1 is 1.08 bits per heavy atom. The smallest absolute Gasteiger partial charge is 0.255 e. The van der Waals surface area contributed by atoms with E-state index in [1.165, 1.54) is 0 Å². The Bertz CT molecular complexity index is 1600. The minimum atomic E-state index is -0.614. The number of carbonyl (C=O) groups excluding carboxylic acids is 1. The summed E-state index contributed by atoms with van der Waals surface area (Å²) in [7, 11) is 1.59. The average molecular weight is 589 g/mol. The summed E-state index contributed by atoms with van der Waals surface area (Å²) in [5, 5.41) is 18.4. The van der Waals surface area contributed by atoms with Crippen LogP contribution in [0.1, 0.15) is 40.8 Å². The Hall–Kier alpha value is -4.18. The highest BCUT2D eigenvalue weighted by Gasteiger charge is 2.35. The number of aromatic nitrogens is 4. The fourth-order valence-electron chi connectivity index (χ4n) is 4.65. The molecule has 1 aromatic heterocycles. The molecule has 9 nitrogen and oxygen atoms in total. The molecule has 2 heterocycles. The van der Waals surface area contributed by atoms with Crippen molar-refractivity contribution in [3.8, 4) is 11.5 Å². The first-order chi connectivity index (χ1) is 18.8. The summed E-state index contributed by atoms with van der Waals surface area (Å²) in [6.45, 7) is 8.28. The highest BCUT2D eigenvalue weighted by Crippen LogP contribution is 2.43. The molecule has 200 valence electrons. The molecule has 4 aromatic rings. The number of allylic oxidation sites excluding steroid dienone is 1. The van der Waals surface area contributed by atoms with E-state index in [1.54, 1.807) is 11.8 Å². The van der Waals surface area contributed by atoms with Crippen LogP contribution in [0.15, 0.2) is 70.3 Å². The summed E-state index contributed by atoms with van der Waals surface area (Å²) in [4.78, 5) is 13.8. The highest BCUT2D eigenvalue weighted by atomic mass is 79.9. The largest absolute Gasteiger partial charge is 0.493 e. The van der Waals surface area contributed by atoms with Crippen molar-refractivity contribution >= 4 is 33.5 Å². The van der Waals surface area contributed by atoms with Crippen LogP contribution >= 0.6 is 15.9 Å². The summed E-state index contributed by atoms with van der Waals surface area (Å²) < 4.78 is 14.2. The molecule has 39 heavy (non-hydrogen) atoms. The van der Waals surface area contributed by atoms with Gasteiger partial charge < -0.3 is 20.1 Å². The number of methoxy groups -OCH3 is 1. The second-order valence-electron chi connectivity index (χ2n) is 9.46. The van der Waals surface area contributed by atoms with E-state index in [-0.39, 0.29) is 5.91 Å². The molecule has 2 N–H and O–H groups in total. The predicted octanol–water partition coefficient (Wildman–Crippen LogP) is 5.88. The number of rotatable bonds is 7. The molecule has 10 heteroatoms. The summed E-state index contributed by atoms with van der Waals surface area (Å²) in [5.41, 5.74) is 6.96. The van der Waals surface area contributed by atoms with Crippen LogP contribution in [0.25, 0.3) is 0 Å². The molecule has 1 atom stereocenters. The molecule has 0 bridgehead atoms. The van der Waals surface area contributed by atoms with Crippen LogP contribution in [0.2, 0.25) is 0 Å². The lowest BCUT2D eigenvalue weighted by Gasteiger charge is -2.29. The lowest BCUT2D eigenvalue weighted by atomic mass is 9.94. The van der Waals surface area contributed by atoms with Crippen molar-refractivity contribution in [2.75, 3.05) is 17.7 Å². The number of nitrogens with one attached hydrogen (secondary N) is 2. The SMILES string of the molecule is COc1cc(C2C(C(=O)Nc3cccc(C)c3C)=C(C)Nc3nnnn32)cc(Br)c1OCc1ccccc1C. The first-order valence-electron chi connectivity index (χ1n) is 12.5. The Balaban J connectivity index is 1.53. The van der Waals surface area contributed by atoms with Gasteiger partial charge in [0.25, 0.3) is 5.91 Å². The molecule has 5 rings (SSSR count). The van der Waals surface area contributed by atoms with Crippen LogP contribution in [0.5, 0.6) is 11.5 Å². The van der Waals surface area contributed by atoms with E-state index in [0.717, 1.165) is 33.5 Å². The second kappa shape index (κ2) is 10.9. The van der Waals surface area contributed by atoms with Gasteiger partial charge in [0.15, 0.2) is 11.5 Å². The van der Waals surface area contributed by atoms with Gasteiger partial charge in [-0.25, -0.2) is 0 Å².